The summed E-state index contributed by atoms with van der Waals surface area (Å²) < 4.78 is 0. The molecule has 0 aromatic carbocycles. The predicted molar refractivity (Wildman–Crippen MR) is 126 cm³/mol. The van der Waals surface area contributed by atoms with Crippen LogP contribution in [-0.2, 0) is 4.79 Å². The van der Waals surface area contributed by atoms with Gasteiger partial charge in [0.2, 0.25) is 5.91 Å². The molecule has 1 N–H and O–H groups in total. The predicted octanol–water partition coefficient (Wildman–Crippen LogP) is 4.42. The van der Waals surface area contributed by atoms with E-state index < -0.39 is 6.23 Å². The molecule has 5 atom stereocenters. The summed E-state index contributed by atoms with van der Waals surface area (Å²) in [7, 11) is 0. The fourth-order valence-electron chi connectivity index (χ4n) is 6.57. The Morgan fingerprint density at radius 3 is 2.69 bits per heavy atom. The van der Waals surface area contributed by atoms with Crippen molar-refractivity contribution < 1.29 is 9.90 Å². The lowest BCUT2D eigenvalue weighted by Gasteiger charge is -2.53. The van der Waals surface area contributed by atoms with Crippen LogP contribution in [-0.4, -0.2) is 52.7 Å². The molecule has 1 saturated carbocycles. The average Bonchev–Trinajstić information content (AvgIpc) is 2.78. The second kappa shape index (κ2) is 9.93. The van der Waals surface area contributed by atoms with E-state index in [1.807, 2.05) is 11.0 Å². The molecule has 4 rings (SSSR count). The number of likely N-dealkylation sites (tertiary alicyclic amines) is 1. The highest BCUT2D eigenvalue weighted by molar-refractivity contribution is 5.95. The summed E-state index contributed by atoms with van der Waals surface area (Å²) in [5.74, 6) is 1.93. The molecule has 5 unspecified atom stereocenters. The Morgan fingerprint density at radius 2 is 2.09 bits per heavy atom. The van der Waals surface area contributed by atoms with Crippen LogP contribution in [0.5, 0.6) is 0 Å². The first-order valence-electron chi connectivity index (χ1n) is 12.7. The Balaban J connectivity index is 1.43. The Hall–Kier alpha value is -1.90. The third-order valence-electron chi connectivity index (χ3n) is 8.62. The van der Waals surface area contributed by atoms with E-state index in [1.165, 1.54) is 18.4 Å². The highest BCUT2D eigenvalue weighted by atomic mass is 16.3. The number of hydrogen-bond acceptors (Lipinski definition) is 4. The van der Waals surface area contributed by atoms with Crippen LogP contribution in [0.3, 0.4) is 0 Å². The number of fused-ring (bicyclic) bond motifs is 2. The standard InChI is InChI=1S/C27H39N3O2/c1-4-19(8-6-7-13-28)20-11-14-29(15-12-20)26(31)22-17-24-23(16-18(22)3)21-9-10-25(21)30(5-2)27(24)32/h4,17-21,25,27,32H,1,5-12,14-16H2,2-3H3. The highest BCUT2D eigenvalue weighted by Crippen LogP contribution is 2.49. The molecule has 5 heteroatoms. The van der Waals surface area contributed by atoms with Crippen molar-refractivity contribution in [2.45, 2.75) is 77.5 Å². The zero-order chi connectivity index (χ0) is 22.8. The van der Waals surface area contributed by atoms with E-state index in [0.29, 0.717) is 30.2 Å². The van der Waals surface area contributed by atoms with Gasteiger partial charge < -0.3 is 10.0 Å². The lowest BCUT2D eigenvalue weighted by molar-refractivity contribution is -0.129. The van der Waals surface area contributed by atoms with E-state index in [0.717, 1.165) is 62.9 Å². The van der Waals surface area contributed by atoms with E-state index in [2.05, 4.69) is 37.5 Å². The molecule has 2 fully saturated rings. The van der Waals surface area contributed by atoms with Crippen molar-refractivity contribution >= 4 is 5.91 Å². The molecule has 0 aromatic rings. The van der Waals surface area contributed by atoms with Gasteiger partial charge in [0, 0.05) is 31.1 Å². The summed E-state index contributed by atoms with van der Waals surface area (Å²) in [6.07, 6.45) is 11.4. The van der Waals surface area contributed by atoms with Gasteiger partial charge in [0.25, 0.3) is 0 Å². The summed E-state index contributed by atoms with van der Waals surface area (Å²) in [5, 5.41) is 19.9. The number of piperidine rings is 1. The first-order chi connectivity index (χ1) is 15.5. The number of carbonyl (C=O) groups is 1. The van der Waals surface area contributed by atoms with Gasteiger partial charge in [-0.1, -0.05) is 25.5 Å². The normalized spacial score (nSPS) is 31.7. The topological polar surface area (TPSA) is 67.6 Å². The van der Waals surface area contributed by atoms with Crippen molar-refractivity contribution in [2.75, 3.05) is 19.6 Å². The van der Waals surface area contributed by atoms with Crippen molar-refractivity contribution in [2.24, 2.45) is 23.7 Å². The molecule has 0 spiro atoms. The van der Waals surface area contributed by atoms with Crippen molar-refractivity contribution in [1.29, 1.82) is 5.26 Å². The third-order valence-corrected chi connectivity index (χ3v) is 8.62. The minimum absolute atomic E-state index is 0.160. The SMILES string of the molecule is C=CC(CCCC#N)C1CCN(C(=O)C2=CC3=C(CC2C)C2CCC2N(CC)C3O)CC1. The summed E-state index contributed by atoms with van der Waals surface area (Å²) >= 11 is 0. The molecule has 2 heterocycles. The van der Waals surface area contributed by atoms with Crippen molar-refractivity contribution in [3.8, 4) is 6.07 Å². The number of allylic oxidation sites excluding steroid dienone is 1. The second-order valence-electron chi connectivity index (χ2n) is 10.2. The zero-order valence-electron chi connectivity index (χ0n) is 19.8. The lowest BCUT2D eigenvalue weighted by atomic mass is 9.65. The van der Waals surface area contributed by atoms with Crippen LogP contribution in [0, 0.1) is 35.0 Å². The van der Waals surface area contributed by atoms with Crippen molar-refractivity contribution in [3.63, 3.8) is 0 Å². The molecule has 1 amide bonds. The Kier molecular flexibility index (Phi) is 7.22. The maximum Gasteiger partial charge on any atom is 0.250 e. The number of amides is 1. The zero-order valence-corrected chi connectivity index (χ0v) is 19.8. The summed E-state index contributed by atoms with van der Waals surface area (Å²) in [6, 6.07) is 2.72. The minimum Gasteiger partial charge on any atom is -0.374 e. The summed E-state index contributed by atoms with van der Waals surface area (Å²) in [6.45, 7) is 10.7. The fraction of sp³-hybridized carbons (Fsp3) is 0.704. The maximum atomic E-state index is 13.5. The van der Waals surface area contributed by atoms with Gasteiger partial charge in [0.1, 0.15) is 6.23 Å². The molecule has 32 heavy (non-hydrogen) atoms. The molecule has 0 aromatic heterocycles. The van der Waals surface area contributed by atoms with Crippen LogP contribution < -0.4 is 0 Å². The number of unbranched alkanes of at least 4 members (excludes halogenated alkanes) is 1. The molecule has 0 radical (unpaired) electrons. The second-order valence-corrected chi connectivity index (χ2v) is 10.2. The van der Waals surface area contributed by atoms with Crippen LogP contribution in [0.1, 0.15) is 65.2 Å². The van der Waals surface area contributed by atoms with Gasteiger partial charge in [-0.25, -0.2) is 0 Å². The lowest BCUT2D eigenvalue weighted by Crippen LogP contribution is -2.57. The van der Waals surface area contributed by atoms with Gasteiger partial charge in [-0.2, -0.15) is 5.26 Å². The van der Waals surface area contributed by atoms with Crippen molar-refractivity contribution in [1.82, 2.24) is 9.80 Å². The first-order valence-corrected chi connectivity index (χ1v) is 12.7. The number of rotatable bonds is 7. The monoisotopic (exact) mass is 437 g/mol. The largest absolute Gasteiger partial charge is 0.374 e. The van der Waals surface area contributed by atoms with Gasteiger partial charge >= 0.3 is 0 Å². The first kappa shape index (κ1) is 23.3. The van der Waals surface area contributed by atoms with Crippen LogP contribution in [0.15, 0.2) is 35.5 Å². The number of nitrogens with zero attached hydrogens (tertiary/aromatic N) is 3. The smallest absolute Gasteiger partial charge is 0.250 e. The fourth-order valence-corrected chi connectivity index (χ4v) is 6.57. The average molecular weight is 438 g/mol. The van der Waals surface area contributed by atoms with Gasteiger partial charge in [-0.3, -0.25) is 9.69 Å². The number of nitriles is 1. The van der Waals surface area contributed by atoms with E-state index in [4.69, 9.17) is 5.26 Å². The number of aliphatic hydroxyl groups is 1. The summed E-state index contributed by atoms with van der Waals surface area (Å²) in [4.78, 5) is 17.7. The molecule has 5 nitrogen and oxygen atoms in total. The Labute approximate surface area is 193 Å². The van der Waals surface area contributed by atoms with Gasteiger partial charge in [0.15, 0.2) is 0 Å². The van der Waals surface area contributed by atoms with E-state index >= 15 is 0 Å². The van der Waals surface area contributed by atoms with E-state index in [-0.39, 0.29) is 11.8 Å². The molecular weight excluding hydrogens is 398 g/mol. The number of carbonyl (C=O) groups excluding carboxylic acids is 1. The number of likely N-dealkylation sites (N-methyl/N-ethyl adjacent to an activating group) is 1. The third kappa shape index (κ3) is 4.20. The molecule has 2 aliphatic heterocycles. The number of hydrogen-bond donors (Lipinski definition) is 1. The quantitative estimate of drug-likeness (QED) is 0.473. The Bertz CT molecular complexity index is 830. The number of aliphatic hydroxyl groups excluding tert-OH is 1. The molecule has 1 saturated heterocycles. The highest BCUT2D eigenvalue weighted by Gasteiger charge is 2.47. The molecule has 4 aliphatic rings. The van der Waals surface area contributed by atoms with Crippen LogP contribution in [0.2, 0.25) is 0 Å². The van der Waals surface area contributed by atoms with Crippen LogP contribution >= 0.6 is 0 Å². The molecule has 2 aliphatic carbocycles. The van der Waals surface area contributed by atoms with Gasteiger partial charge in [-0.05, 0) is 86.8 Å². The molecule has 0 bridgehead atoms. The van der Waals surface area contributed by atoms with Crippen LogP contribution in [0.4, 0.5) is 0 Å². The Morgan fingerprint density at radius 1 is 1.34 bits per heavy atom. The maximum absolute atomic E-state index is 13.5. The minimum atomic E-state index is -0.570. The molecular formula is C27H39N3O2. The molecule has 174 valence electrons. The van der Waals surface area contributed by atoms with E-state index in [1.54, 1.807) is 0 Å². The van der Waals surface area contributed by atoms with E-state index in [9.17, 15) is 9.90 Å². The van der Waals surface area contributed by atoms with Gasteiger partial charge in [0.05, 0.1) is 6.07 Å². The summed E-state index contributed by atoms with van der Waals surface area (Å²) in [5.41, 5.74) is 3.30. The van der Waals surface area contributed by atoms with Crippen LogP contribution in [0.25, 0.3) is 0 Å². The van der Waals surface area contributed by atoms with Crippen molar-refractivity contribution in [3.05, 3.63) is 35.5 Å². The van der Waals surface area contributed by atoms with Gasteiger partial charge in [-0.15, -0.1) is 6.58 Å².